The molecule has 6 heteroatoms. The van der Waals surface area contributed by atoms with Crippen molar-refractivity contribution >= 4 is 17.3 Å². The number of nitro benzene ring substituents is 1. The standard InChI is InChI=1S/C13H11ClN2O3/c1-8-5-9(2)12(6-11(8)16(17)18)19-13-4-3-10(14)7-15-13/h3-7H,1-2H3. The number of aromatic nitrogens is 1. The second-order valence-electron chi connectivity index (χ2n) is 4.08. The molecular weight excluding hydrogens is 268 g/mol. The number of rotatable bonds is 3. The lowest BCUT2D eigenvalue weighted by Crippen LogP contribution is -1.96. The van der Waals surface area contributed by atoms with Gasteiger partial charge in [0, 0.05) is 17.8 Å². The summed E-state index contributed by atoms with van der Waals surface area (Å²) in [6.45, 7) is 3.51. The van der Waals surface area contributed by atoms with Crippen LogP contribution in [0.1, 0.15) is 11.1 Å². The summed E-state index contributed by atoms with van der Waals surface area (Å²) in [5, 5.41) is 11.4. The third-order valence-electron chi connectivity index (χ3n) is 2.60. The lowest BCUT2D eigenvalue weighted by molar-refractivity contribution is -0.385. The average molecular weight is 279 g/mol. The Morgan fingerprint density at radius 1 is 1.26 bits per heavy atom. The van der Waals surface area contributed by atoms with Crippen molar-refractivity contribution in [2.45, 2.75) is 13.8 Å². The zero-order valence-corrected chi connectivity index (χ0v) is 11.1. The Balaban J connectivity index is 2.37. The second-order valence-corrected chi connectivity index (χ2v) is 4.51. The Hall–Kier alpha value is -2.14. The zero-order chi connectivity index (χ0) is 14.0. The molecule has 0 amide bonds. The highest BCUT2D eigenvalue weighted by atomic mass is 35.5. The van der Waals surface area contributed by atoms with Gasteiger partial charge in [0.25, 0.3) is 5.69 Å². The number of hydrogen-bond acceptors (Lipinski definition) is 4. The van der Waals surface area contributed by atoms with Gasteiger partial charge in [-0.2, -0.15) is 0 Å². The monoisotopic (exact) mass is 278 g/mol. The highest BCUT2D eigenvalue weighted by molar-refractivity contribution is 6.30. The van der Waals surface area contributed by atoms with Crippen LogP contribution in [0.25, 0.3) is 0 Å². The predicted molar refractivity (Wildman–Crippen MR) is 71.9 cm³/mol. The van der Waals surface area contributed by atoms with Gasteiger partial charge in [0.15, 0.2) is 0 Å². The summed E-state index contributed by atoms with van der Waals surface area (Å²) in [7, 11) is 0. The van der Waals surface area contributed by atoms with E-state index in [1.165, 1.54) is 12.3 Å². The molecule has 0 saturated carbocycles. The number of hydrogen-bond donors (Lipinski definition) is 0. The van der Waals surface area contributed by atoms with Gasteiger partial charge in [0.05, 0.1) is 16.0 Å². The Morgan fingerprint density at radius 2 is 2.00 bits per heavy atom. The number of halogens is 1. The molecule has 0 N–H and O–H groups in total. The largest absolute Gasteiger partial charge is 0.439 e. The van der Waals surface area contributed by atoms with E-state index in [9.17, 15) is 10.1 Å². The fourth-order valence-electron chi connectivity index (χ4n) is 1.66. The SMILES string of the molecule is Cc1cc(C)c([N+](=O)[O-])cc1Oc1ccc(Cl)cn1. The van der Waals surface area contributed by atoms with E-state index in [2.05, 4.69) is 4.98 Å². The van der Waals surface area contributed by atoms with Crippen molar-refractivity contribution in [1.29, 1.82) is 0 Å². The summed E-state index contributed by atoms with van der Waals surface area (Å²) in [4.78, 5) is 14.5. The van der Waals surface area contributed by atoms with Crippen molar-refractivity contribution < 1.29 is 9.66 Å². The Kier molecular flexibility index (Phi) is 3.66. The van der Waals surface area contributed by atoms with Crippen LogP contribution in [0.15, 0.2) is 30.5 Å². The van der Waals surface area contributed by atoms with E-state index >= 15 is 0 Å². The highest BCUT2D eigenvalue weighted by Crippen LogP contribution is 2.31. The first kappa shape index (κ1) is 13.3. The van der Waals surface area contributed by atoms with Gasteiger partial charge in [0.1, 0.15) is 5.75 Å². The summed E-state index contributed by atoms with van der Waals surface area (Å²) < 4.78 is 5.54. The fraction of sp³-hybridized carbons (Fsp3) is 0.154. The van der Waals surface area contributed by atoms with Crippen LogP contribution < -0.4 is 4.74 Å². The molecule has 0 aliphatic heterocycles. The highest BCUT2D eigenvalue weighted by Gasteiger charge is 2.15. The third-order valence-corrected chi connectivity index (χ3v) is 2.83. The molecule has 0 unspecified atom stereocenters. The van der Waals surface area contributed by atoms with Crippen LogP contribution in [0.4, 0.5) is 5.69 Å². The minimum atomic E-state index is -0.434. The van der Waals surface area contributed by atoms with Crippen LogP contribution >= 0.6 is 11.6 Å². The van der Waals surface area contributed by atoms with Crippen molar-refractivity contribution in [3.05, 3.63) is 56.7 Å². The van der Waals surface area contributed by atoms with E-state index in [1.54, 1.807) is 25.1 Å². The van der Waals surface area contributed by atoms with Gasteiger partial charge in [-0.3, -0.25) is 10.1 Å². The lowest BCUT2D eigenvalue weighted by Gasteiger charge is -2.09. The Labute approximate surface area is 115 Å². The Morgan fingerprint density at radius 3 is 2.58 bits per heavy atom. The molecule has 2 aromatic rings. The first-order valence-electron chi connectivity index (χ1n) is 5.52. The van der Waals surface area contributed by atoms with E-state index < -0.39 is 4.92 Å². The molecule has 0 saturated heterocycles. The first-order valence-corrected chi connectivity index (χ1v) is 5.90. The maximum absolute atomic E-state index is 10.9. The minimum absolute atomic E-state index is 0.0227. The first-order chi connectivity index (χ1) is 8.97. The van der Waals surface area contributed by atoms with E-state index in [-0.39, 0.29) is 5.69 Å². The van der Waals surface area contributed by atoms with Crippen molar-refractivity contribution in [1.82, 2.24) is 4.98 Å². The molecule has 0 bridgehead atoms. The van der Waals surface area contributed by atoms with Gasteiger partial charge in [-0.1, -0.05) is 11.6 Å². The van der Waals surface area contributed by atoms with Crippen molar-refractivity contribution in [3.63, 3.8) is 0 Å². The van der Waals surface area contributed by atoms with Crippen LogP contribution in [0.5, 0.6) is 11.6 Å². The molecule has 5 nitrogen and oxygen atoms in total. The van der Waals surface area contributed by atoms with Crippen molar-refractivity contribution in [3.8, 4) is 11.6 Å². The summed E-state index contributed by atoms with van der Waals surface area (Å²) >= 11 is 5.73. The maximum atomic E-state index is 10.9. The smallest absolute Gasteiger partial charge is 0.276 e. The van der Waals surface area contributed by atoms with Crippen LogP contribution in [-0.4, -0.2) is 9.91 Å². The summed E-state index contributed by atoms with van der Waals surface area (Å²) in [6.07, 6.45) is 1.45. The molecule has 98 valence electrons. The summed E-state index contributed by atoms with van der Waals surface area (Å²) in [5.74, 6) is 0.748. The zero-order valence-electron chi connectivity index (χ0n) is 10.4. The quantitative estimate of drug-likeness (QED) is 0.627. The summed E-state index contributed by atoms with van der Waals surface area (Å²) in [5.41, 5.74) is 1.42. The predicted octanol–water partition coefficient (Wildman–Crippen LogP) is 4.05. The van der Waals surface area contributed by atoms with Gasteiger partial charge in [-0.25, -0.2) is 4.98 Å². The van der Waals surface area contributed by atoms with Gasteiger partial charge in [-0.05, 0) is 31.5 Å². The Bertz CT molecular complexity index is 627. The number of nitrogens with zero attached hydrogens (tertiary/aromatic N) is 2. The molecule has 0 atom stereocenters. The number of benzene rings is 1. The number of aryl methyl sites for hydroxylation is 2. The van der Waals surface area contributed by atoms with Crippen LogP contribution in [0.2, 0.25) is 5.02 Å². The van der Waals surface area contributed by atoms with E-state index in [1.807, 2.05) is 6.92 Å². The van der Waals surface area contributed by atoms with Gasteiger partial charge in [-0.15, -0.1) is 0 Å². The molecule has 19 heavy (non-hydrogen) atoms. The molecule has 0 spiro atoms. The lowest BCUT2D eigenvalue weighted by atomic mass is 10.1. The van der Waals surface area contributed by atoms with Gasteiger partial charge >= 0.3 is 0 Å². The normalized spacial score (nSPS) is 10.3. The van der Waals surface area contributed by atoms with E-state index in [4.69, 9.17) is 16.3 Å². The van der Waals surface area contributed by atoms with Crippen LogP contribution in [-0.2, 0) is 0 Å². The maximum Gasteiger partial charge on any atom is 0.276 e. The number of pyridine rings is 1. The molecule has 0 aliphatic carbocycles. The molecule has 0 radical (unpaired) electrons. The third kappa shape index (κ3) is 3.00. The second kappa shape index (κ2) is 5.24. The van der Waals surface area contributed by atoms with Crippen LogP contribution in [0.3, 0.4) is 0 Å². The molecule has 1 heterocycles. The van der Waals surface area contributed by atoms with Gasteiger partial charge in [0.2, 0.25) is 5.88 Å². The molecule has 1 aromatic carbocycles. The van der Waals surface area contributed by atoms with E-state index in [0.29, 0.717) is 22.2 Å². The van der Waals surface area contributed by atoms with Gasteiger partial charge < -0.3 is 4.74 Å². The minimum Gasteiger partial charge on any atom is -0.439 e. The number of nitro groups is 1. The van der Waals surface area contributed by atoms with Crippen molar-refractivity contribution in [2.24, 2.45) is 0 Å². The fourth-order valence-corrected chi connectivity index (χ4v) is 1.78. The molecule has 0 aliphatic rings. The average Bonchev–Trinajstić information content (AvgIpc) is 2.34. The number of ether oxygens (including phenoxy) is 1. The summed E-state index contributed by atoms with van der Waals surface area (Å²) in [6, 6.07) is 6.36. The molecular formula is C13H11ClN2O3. The van der Waals surface area contributed by atoms with Crippen molar-refractivity contribution in [2.75, 3.05) is 0 Å². The topological polar surface area (TPSA) is 65.3 Å². The molecule has 1 aromatic heterocycles. The molecule has 2 rings (SSSR count). The van der Waals surface area contributed by atoms with E-state index in [0.717, 1.165) is 5.56 Å². The molecule has 0 fully saturated rings. The van der Waals surface area contributed by atoms with Crippen LogP contribution in [0, 0.1) is 24.0 Å².